The van der Waals surface area contributed by atoms with Crippen molar-refractivity contribution in [3.63, 3.8) is 0 Å². The van der Waals surface area contributed by atoms with Gasteiger partial charge in [0, 0.05) is 12.8 Å². The summed E-state index contributed by atoms with van der Waals surface area (Å²) in [5.41, 5.74) is 0. The lowest BCUT2D eigenvalue weighted by molar-refractivity contribution is -0.870. The van der Waals surface area contributed by atoms with Crippen molar-refractivity contribution in [1.82, 2.24) is 0 Å². The van der Waals surface area contributed by atoms with Crippen LogP contribution in [0, 0.1) is 0 Å². The van der Waals surface area contributed by atoms with Crippen LogP contribution >= 0.6 is 7.82 Å². The number of phosphoric ester groups is 1. The van der Waals surface area contributed by atoms with E-state index in [0.29, 0.717) is 17.4 Å². The molecule has 2 atom stereocenters. The molecule has 0 aromatic rings. The van der Waals surface area contributed by atoms with Crippen LogP contribution in [0.5, 0.6) is 0 Å². The molecule has 0 heterocycles. The molecular weight excluding hydrogens is 966 g/mol. The van der Waals surface area contributed by atoms with Gasteiger partial charge in [-0.3, -0.25) is 18.6 Å². The van der Waals surface area contributed by atoms with Crippen LogP contribution in [0.3, 0.4) is 0 Å². The number of phosphoric acid groups is 1. The molecule has 0 rings (SSSR count). The normalized spacial score (nSPS) is 14.3. The maximum absolute atomic E-state index is 12.8. The summed E-state index contributed by atoms with van der Waals surface area (Å²) in [6, 6.07) is 0. The third kappa shape index (κ3) is 59.1. The Morgan fingerprint density at radius 3 is 1.05 bits per heavy atom. The molecule has 10 heteroatoms. The molecule has 0 aromatic carbocycles. The second kappa shape index (κ2) is 55.6. The highest BCUT2D eigenvalue weighted by Gasteiger charge is 2.27. The first-order valence-electron chi connectivity index (χ1n) is 29.6. The number of esters is 2. The van der Waals surface area contributed by atoms with Crippen molar-refractivity contribution in [2.75, 3.05) is 47.5 Å². The Balaban J connectivity index is 4.28. The largest absolute Gasteiger partial charge is 0.472 e. The Bertz CT molecular complexity index is 1790. The molecule has 0 aliphatic carbocycles. The maximum atomic E-state index is 12.8. The van der Waals surface area contributed by atoms with Crippen LogP contribution in [-0.2, 0) is 32.7 Å². The zero-order valence-corrected chi connectivity index (χ0v) is 49.6. The van der Waals surface area contributed by atoms with Gasteiger partial charge >= 0.3 is 19.8 Å². The molecule has 0 spiro atoms. The first-order chi connectivity index (χ1) is 37.0. The van der Waals surface area contributed by atoms with Gasteiger partial charge in [-0.15, -0.1) is 0 Å². The van der Waals surface area contributed by atoms with E-state index in [0.717, 1.165) is 135 Å². The predicted molar refractivity (Wildman–Crippen MR) is 325 cm³/mol. The average Bonchev–Trinajstić information content (AvgIpc) is 3.38. The zero-order chi connectivity index (χ0) is 55.6. The number of rotatable bonds is 52. The molecule has 9 nitrogen and oxygen atoms in total. The van der Waals surface area contributed by atoms with Gasteiger partial charge in [0.25, 0.3) is 0 Å². The predicted octanol–water partition coefficient (Wildman–Crippen LogP) is 18.7. The van der Waals surface area contributed by atoms with Crippen LogP contribution in [-0.4, -0.2) is 74.9 Å². The number of nitrogens with zero attached hydrogens (tertiary/aromatic N) is 1. The molecule has 76 heavy (non-hydrogen) atoms. The van der Waals surface area contributed by atoms with Gasteiger partial charge in [0.1, 0.15) is 19.8 Å². The van der Waals surface area contributed by atoms with E-state index in [1.807, 2.05) is 21.1 Å². The second-order valence-electron chi connectivity index (χ2n) is 20.3. The number of likely N-dealkylation sites (N-methyl/N-ethyl adjacent to an activating group) is 1. The Morgan fingerprint density at radius 1 is 0.408 bits per heavy atom. The van der Waals surface area contributed by atoms with Crippen LogP contribution in [0.2, 0.25) is 0 Å². The van der Waals surface area contributed by atoms with E-state index in [1.54, 1.807) is 0 Å². The minimum Gasteiger partial charge on any atom is -0.462 e. The standard InChI is InChI=1S/C66H108NO8P/c1-6-8-10-12-14-16-18-20-22-24-26-28-30-31-32-33-34-35-37-39-41-43-45-47-49-51-53-55-57-59-66(69)75-64(63-74-76(70,71)73-61-60-67(3,4)5)62-72-65(68)58-56-54-52-50-48-46-44-42-40-38-36-29-27-25-23-21-19-17-15-13-11-9-7-2/h8-11,14-17,20-23,26-29,31-32,34-35,39,41,45,47,64H,6-7,12-13,18-19,24-25,30,33,36-38,40,42-44,46,48-63H2,1-5H3/p+1/b10-8-,11-9-,16-14-,17-15-,22-20-,23-21-,28-26-,29-27-,32-31-,35-34-,41-39-,47-45-. The van der Waals surface area contributed by atoms with Gasteiger partial charge in [-0.1, -0.05) is 224 Å². The van der Waals surface area contributed by atoms with Crippen molar-refractivity contribution in [2.24, 2.45) is 0 Å². The molecule has 1 N–H and O–H groups in total. The Hall–Kier alpha value is -4.11. The van der Waals surface area contributed by atoms with Gasteiger partial charge in [0.05, 0.1) is 27.7 Å². The van der Waals surface area contributed by atoms with E-state index in [9.17, 15) is 19.0 Å². The topological polar surface area (TPSA) is 108 Å². The maximum Gasteiger partial charge on any atom is 0.472 e. The van der Waals surface area contributed by atoms with Crippen molar-refractivity contribution < 1.29 is 42.1 Å². The molecule has 0 saturated heterocycles. The van der Waals surface area contributed by atoms with E-state index >= 15 is 0 Å². The fraction of sp³-hybridized carbons (Fsp3) is 0.606. The summed E-state index contributed by atoms with van der Waals surface area (Å²) in [5, 5.41) is 0. The molecule has 0 amide bonds. The molecule has 0 aliphatic heterocycles. The molecule has 430 valence electrons. The van der Waals surface area contributed by atoms with Crippen LogP contribution in [0.25, 0.3) is 0 Å². The van der Waals surface area contributed by atoms with E-state index in [4.69, 9.17) is 18.5 Å². The third-order valence-electron chi connectivity index (χ3n) is 11.9. The van der Waals surface area contributed by atoms with Gasteiger partial charge in [-0.2, -0.15) is 0 Å². The minimum absolute atomic E-state index is 0.0169. The molecule has 0 aliphatic rings. The van der Waals surface area contributed by atoms with Gasteiger partial charge in [-0.05, 0) is 116 Å². The minimum atomic E-state index is -4.41. The van der Waals surface area contributed by atoms with Crippen LogP contribution < -0.4 is 0 Å². The first kappa shape index (κ1) is 71.9. The fourth-order valence-corrected chi connectivity index (χ4v) is 8.12. The highest BCUT2D eigenvalue weighted by Crippen LogP contribution is 2.43. The lowest BCUT2D eigenvalue weighted by Gasteiger charge is -2.24. The number of carbonyl (C=O) groups excluding carboxylic acids is 2. The SMILES string of the molecule is CC/C=C\C/C=C\C/C=C\C/C=C\C/C=C\C/C=C\C/C=C\C/C=C\CCCCCCC(=O)OC(COC(=O)CCCCCCCCCCCC/C=C\C/C=C\C/C=C\C/C=C\CC)COP(=O)(O)OCC[N+](C)(C)C. The number of carbonyl (C=O) groups is 2. The molecular formula is C66H109NO8P+. The van der Waals surface area contributed by atoms with Crippen molar-refractivity contribution in [3.05, 3.63) is 146 Å². The van der Waals surface area contributed by atoms with Crippen LogP contribution in [0.15, 0.2) is 146 Å². The van der Waals surface area contributed by atoms with Crippen LogP contribution in [0.4, 0.5) is 0 Å². The number of hydrogen-bond acceptors (Lipinski definition) is 7. The van der Waals surface area contributed by atoms with Crippen molar-refractivity contribution in [2.45, 2.75) is 213 Å². The van der Waals surface area contributed by atoms with Gasteiger partial charge < -0.3 is 18.9 Å². The summed E-state index contributed by atoms with van der Waals surface area (Å²) in [4.78, 5) is 35.7. The highest BCUT2D eigenvalue weighted by atomic mass is 31.2. The third-order valence-corrected chi connectivity index (χ3v) is 12.8. The number of hydrogen-bond donors (Lipinski definition) is 1. The lowest BCUT2D eigenvalue weighted by Crippen LogP contribution is -2.37. The number of allylic oxidation sites excluding steroid dienone is 24. The summed E-state index contributed by atoms with van der Waals surface area (Å²) in [7, 11) is 1.43. The fourth-order valence-electron chi connectivity index (χ4n) is 7.37. The molecule has 0 bridgehead atoms. The summed E-state index contributed by atoms with van der Waals surface area (Å²) < 4.78 is 34.5. The molecule has 0 saturated carbocycles. The van der Waals surface area contributed by atoms with Gasteiger partial charge in [0.15, 0.2) is 6.10 Å². The van der Waals surface area contributed by atoms with E-state index in [2.05, 4.69) is 160 Å². The molecule has 0 aromatic heterocycles. The highest BCUT2D eigenvalue weighted by molar-refractivity contribution is 7.47. The summed E-state index contributed by atoms with van der Waals surface area (Å²) >= 11 is 0. The van der Waals surface area contributed by atoms with Gasteiger partial charge in [-0.25, -0.2) is 4.57 Å². The number of unbranched alkanes of at least 4 members (excludes halogenated alkanes) is 14. The van der Waals surface area contributed by atoms with Crippen LogP contribution in [0.1, 0.15) is 206 Å². The average molecular weight is 1080 g/mol. The number of ether oxygens (including phenoxy) is 2. The lowest BCUT2D eigenvalue weighted by atomic mass is 10.1. The van der Waals surface area contributed by atoms with E-state index in [-0.39, 0.29) is 32.0 Å². The second-order valence-corrected chi connectivity index (χ2v) is 21.7. The Labute approximate surface area is 465 Å². The van der Waals surface area contributed by atoms with Crippen molar-refractivity contribution >= 4 is 19.8 Å². The zero-order valence-electron chi connectivity index (χ0n) is 48.7. The number of quaternary nitrogens is 1. The smallest absolute Gasteiger partial charge is 0.462 e. The van der Waals surface area contributed by atoms with Crippen molar-refractivity contribution in [1.29, 1.82) is 0 Å². The Morgan fingerprint density at radius 2 is 0.711 bits per heavy atom. The van der Waals surface area contributed by atoms with Gasteiger partial charge in [0.2, 0.25) is 0 Å². The molecule has 2 unspecified atom stereocenters. The first-order valence-corrected chi connectivity index (χ1v) is 31.1. The monoisotopic (exact) mass is 1070 g/mol. The van der Waals surface area contributed by atoms with E-state index < -0.39 is 26.5 Å². The molecule has 0 fully saturated rings. The summed E-state index contributed by atoms with van der Waals surface area (Å²) in [6.07, 6.45) is 82.0. The van der Waals surface area contributed by atoms with E-state index in [1.165, 1.54) is 38.5 Å². The Kier molecular flexibility index (Phi) is 52.6. The van der Waals surface area contributed by atoms with Crippen molar-refractivity contribution in [3.8, 4) is 0 Å². The summed E-state index contributed by atoms with van der Waals surface area (Å²) in [5.74, 6) is -0.843. The molecule has 0 radical (unpaired) electrons. The summed E-state index contributed by atoms with van der Waals surface area (Å²) in [6.45, 7) is 4.15. The quantitative estimate of drug-likeness (QED) is 0.0211.